The van der Waals surface area contributed by atoms with Crippen LogP contribution in [-0.4, -0.2) is 16.1 Å². The van der Waals surface area contributed by atoms with Crippen LogP contribution in [0.4, 0.5) is 0 Å². The average molecular weight is 615 g/mol. The largest absolute Gasteiger partial charge is 0.179 e. The second-order valence-corrected chi connectivity index (χ2v) is 20.0. The van der Waals surface area contributed by atoms with Crippen LogP contribution in [0, 0.1) is 5.92 Å². The zero-order valence-electron chi connectivity index (χ0n) is 26.6. The van der Waals surface area contributed by atoms with Crippen molar-refractivity contribution in [2.45, 2.75) is 27.2 Å². The Bertz CT molecular complexity index is 1740. The van der Waals surface area contributed by atoms with E-state index in [1.165, 1.54) is 41.5 Å². The molecule has 6 rings (SSSR count). The van der Waals surface area contributed by atoms with Gasteiger partial charge in [-0.15, -0.1) is 0 Å². The molecule has 45 heavy (non-hydrogen) atoms. The minimum absolute atomic E-state index is 0.513. The SMILES string of the molecule is CC=CC=C(C)[Si](c1ccccc1)(c1ccccc1)c1ccc([Si](C2=CC(C)CC=C2)(c2ccccc2)c2ccccc2)cc1. The van der Waals surface area contributed by atoms with Crippen LogP contribution in [0.3, 0.4) is 0 Å². The third-order valence-corrected chi connectivity index (χ3v) is 19.2. The van der Waals surface area contributed by atoms with E-state index in [1.807, 2.05) is 0 Å². The fourth-order valence-corrected chi connectivity index (χ4v) is 17.1. The Morgan fingerprint density at radius 3 is 1.42 bits per heavy atom. The number of rotatable bonds is 9. The summed E-state index contributed by atoms with van der Waals surface area (Å²) in [5, 5.41) is 11.4. The predicted molar refractivity (Wildman–Crippen MR) is 201 cm³/mol. The topological polar surface area (TPSA) is 0 Å². The van der Waals surface area contributed by atoms with Crippen molar-refractivity contribution in [3.05, 3.63) is 192 Å². The first-order valence-electron chi connectivity index (χ1n) is 16.1. The standard InChI is InChI=1S/C43H42Si2/c1-4-5-20-36(3)44(37-21-10-6-11-22-37,38-23-12-7-13-24-38)41-30-32-42(33-31-41)45(39-25-14-8-15-26-39,40-27-16-9-17-28-40)43-29-18-19-35(2)34-43/h4-18,20-35H,19H2,1-3H3. The van der Waals surface area contributed by atoms with Gasteiger partial charge in [0.2, 0.25) is 0 Å². The molecule has 0 saturated heterocycles. The van der Waals surface area contributed by atoms with E-state index in [2.05, 4.69) is 203 Å². The summed E-state index contributed by atoms with van der Waals surface area (Å²) in [6.45, 7) is 6.78. The lowest BCUT2D eigenvalue weighted by molar-refractivity contribution is 0.734. The zero-order valence-corrected chi connectivity index (χ0v) is 28.6. The average Bonchev–Trinajstić information content (AvgIpc) is 3.11. The van der Waals surface area contributed by atoms with Crippen molar-refractivity contribution in [1.29, 1.82) is 0 Å². The van der Waals surface area contributed by atoms with E-state index in [4.69, 9.17) is 0 Å². The van der Waals surface area contributed by atoms with Crippen LogP contribution >= 0.6 is 0 Å². The van der Waals surface area contributed by atoms with Gasteiger partial charge in [-0.3, -0.25) is 0 Å². The normalized spacial score (nSPS) is 15.7. The number of hydrogen-bond donors (Lipinski definition) is 0. The minimum Gasteiger partial charge on any atom is -0.0877 e. The molecule has 0 heterocycles. The molecule has 1 atom stereocenters. The molecular formula is C43H42Si2. The highest BCUT2D eigenvalue weighted by Gasteiger charge is 2.44. The number of benzene rings is 5. The first kappa shape index (κ1) is 30.5. The van der Waals surface area contributed by atoms with Gasteiger partial charge in [0, 0.05) is 0 Å². The molecular weight excluding hydrogens is 573 g/mol. The first-order valence-corrected chi connectivity index (χ1v) is 20.1. The summed E-state index contributed by atoms with van der Waals surface area (Å²) in [6.07, 6.45) is 15.1. The lowest BCUT2D eigenvalue weighted by atomic mass is 10.0. The summed E-state index contributed by atoms with van der Waals surface area (Å²) in [7, 11) is -5.15. The van der Waals surface area contributed by atoms with Crippen molar-refractivity contribution in [2.24, 2.45) is 5.92 Å². The van der Waals surface area contributed by atoms with Gasteiger partial charge in [-0.05, 0) is 62.5 Å². The lowest BCUT2D eigenvalue weighted by Gasteiger charge is -2.38. The van der Waals surface area contributed by atoms with Crippen LogP contribution in [0.5, 0.6) is 0 Å². The van der Waals surface area contributed by atoms with Gasteiger partial charge in [0.1, 0.15) is 0 Å². The Morgan fingerprint density at radius 1 is 0.578 bits per heavy atom. The molecule has 1 unspecified atom stereocenters. The van der Waals surface area contributed by atoms with Gasteiger partial charge in [-0.1, -0.05) is 194 Å². The van der Waals surface area contributed by atoms with Crippen molar-refractivity contribution >= 4 is 47.3 Å². The maximum absolute atomic E-state index is 2.59. The Balaban J connectivity index is 1.65. The second kappa shape index (κ2) is 13.6. The fraction of sp³-hybridized carbons (Fsp3) is 0.116. The maximum atomic E-state index is 2.55. The zero-order chi connectivity index (χ0) is 31.1. The molecule has 0 radical (unpaired) electrons. The predicted octanol–water partition coefficient (Wildman–Crippen LogP) is 6.75. The van der Waals surface area contributed by atoms with Gasteiger partial charge in [-0.2, -0.15) is 0 Å². The Kier molecular flexibility index (Phi) is 9.25. The maximum Gasteiger partial charge on any atom is 0.179 e. The molecule has 1 aliphatic rings. The van der Waals surface area contributed by atoms with Crippen molar-refractivity contribution in [2.75, 3.05) is 0 Å². The van der Waals surface area contributed by atoms with Crippen molar-refractivity contribution in [3.63, 3.8) is 0 Å². The van der Waals surface area contributed by atoms with E-state index in [0.29, 0.717) is 5.92 Å². The molecule has 0 aromatic heterocycles. The highest BCUT2D eigenvalue weighted by molar-refractivity contribution is 7.17. The molecule has 5 aromatic rings. The molecule has 0 N–H and O–H groups in total. The van der Waals surface area contributed by atoms with Crippen molar-refractivity contribution in [3.8, 4) is 0 Å². The molecule has 0 amide bonds. The van der Waals surface area contributed by atoms with Gasteiger partial charge < -0.3 is 0 Å². The Hall–Kier alpha value is -4.51. The van der Waals surface area contributed by atoms with Gasteiger partial charge >= 0.3 is 0 Å². The molecule has 222 valence electrons. The molecule has 0 spiro atoms. The number of allylic oxidation sites excluding steroid dienone is 8. The van der Waals surface area contributed by atoms with Crippen LogP contribution < -0.4 is 31.1 Å². The van der Waals surface area contributed by atoms with E-state index in [1.54, 1.807) is 0 Å². The smallest absolute Gasteiger partial charge is 0.0877 e. The third-order valence-electron chi connectivity index (χ3n) is 9.41. The van der Waals surface area contributed by atoms with Crippen molar-refractivity contribution < 1.29 is 0 Å². The molecule has 1 aliphatic carbocycles. The molecule has 0 nitrogen and oxygen atoms in total. The van der Waals surface area contributed by atoms with Crippen LogP contribution in [0.25, 0.3) is 0 Å². The van der Waals surface area contributed by atoms with Gasteiger partial charge in [-0.25, -0.2) is 0 Å². The highest BCUT2D eigenvalue weighted by Crippen LogP contribution is 2.26. The molecule has 0 bridgehead atoms. The highest BCUT2D eigenvalue weighted by atomic mass is 28.3. The summed E-state index contributed by atoms with van der Waals surface area (Å²) < 4.78 is 0. The van der Waals surface area contributed by atoms with Gasteiger partial charge in [0.25, 0.3) is 0 Å². The molecule has 0 fully saturated rings. The van der Waals surface area contributed by atoms with Crippen molar-refractivity contribution in [1.82, 2.24) is 0 Å². The minimum atomic E-state index is -2.59. The van der Waals surface area contributed by atoms with Crippen LogP contribution in [-0.2, 0) is 0 Å². The van der Waals surface area contributed by atoms with Crippen LogP contribution in [0.15, 0.2) is 192 Å². The summed E-state index contributed by atoms with van der Waals surface area (Å²) >= 11 is 0. The van der Waals surface area contributed by atoms with Crippen LogP contribution in [0.2, 0.25) is 0 Å². The summed E-state index contributed by atoms with van der Waals surface area (Å²) in [5.41, 5.74) is 0. The fourth-order valence-electron chi connectivity index (χ4n) is 7.36. The Morgan fingerprint density at radius 2 is 0.978 bits per heavy atom. The monoisotopic (exact) mass is 614 g/mol. The molecule has 5 aromatic carbocycles. The first-order chi connectivity index (χ1) is 22.1. The van der Waals surface area contributed by atoms with E-state index >= 15 is 0 Å². The van der Waals surface area contributed by atoms with E-state index in [9.17, 15) is 0 Å². The third kappa shape index (κ3) is 5.61. The van der Waals surface area contributed by atoms with Gasteiger partial charge in [0.05, 0.1) is 0 Å². The Labute approximate surface area is 271 Å². The molecule has 2 heteroatoms. The van der Waals surface area contributed by atoms with E-state index in [0.717, 1.165) is 6.42 Å². The lowest BCUT2D eigenvalue weighted by Crippen LogP contribution is -2.70. The van der Waals surface area contributed by atoms with Gasteiger partial charge in [0.15, 0.2) is 16.1 Å². The molecule has 0 saturated carbocycles. The van der Waals surface area contributed by atoms with Crippen LogP contribution in [0.1, 0.15) is 27.2 Å². The van der Waals surface area contributed by atoms with E-state index in [-0.39, 0.29) is 0 Å². The summed E-state index contributed by atoms with van der Waals surface area (Å²) in [4.78, 5) is 0. The summed E-state index contributed by atoms with van der Waals surface area (Å²) in [6, 6.07) is 54.9. The molecule has 0 aliphatic heterocycles. The van der Waals surface area contributed by atoms with E-state index < -0.39 is 16.1 Å². The quantitative estimate of drug-likeness (QED) is 0.0979. The summed E-state index contributed by atoms with van der Waals surface area (Å²) in [5.74, 6) is 0.513. The second-order valence-electron chi connectivity index (χ2n) is 12.2. The number of hydrogen-bond acceptors (Lipinski definition) is 0.